The molecule has 17 heavy (non-hydrogen) atoms. The maximum absolute atomic E-state index is 13.2. The molecule has 0 amide bonds. The van der Waals surface area contributed by atoms with E-state index in [-0.39, 0.29) is 0 Å². The van der Waals surface area contributed by atoms with Gasteiger partial charge >= 0.3 is 6.18 Å². The number of aryl methyl sites for hydroxylation is 1. The molecular formula is C13H14F3I. The second-order valence-electron chi connectivity index (χ2n) is 4.06. The van der Waals surface area contributed by atoms with Crippen LogP contribution in [0.3, 0.4) is 0 Å². The van der Waals surface area contributed by atoms with E-state index in [1.165, 1.54) is 0 Å². The first kappa shape index (κ1) is 13.1. The van der Waals surface area contributed by atoms with E-state index in [0.29, 0.717) is 15.5 Å². The maximum Gasteiger partial charge on any atom is 0.410 e. The normalized spacial score (nSPS) is 23.9. The molecule has 0 aliphatic carbocycles. The van der Waals surface area contributed by atoms with Gasteiger partial charge in [-0.25, -0.2) is 0 Å². The Labute approximate surface area is 109 Å². The Morgan fingerprint density at radius 3 is 2.00 bits per heavy atom. The van der Waals surface area contributed by atoms with Crippen molar-refractivity contribution in [2.75, 3.05) is 0 Å². The van der Waals surface area contributed by atoms with Gasteiger partial charge in [0.1, 0.15) is 0 Å². The first-order valence-corrected chi connectivity index (χ1v) is 7.80. The van der Waals surface area contributed by atoms with Crippen LogP contribution in [0.1, 0.15) is 31.4 Å². The molecular weight excluding hydrogens is 340 g/mol. The Kier molecular flexibility index (Phi) is 3.36. The molecule has 0 radical (unpaired) electrons. The minimum absolute atomic E-state index is 0.451. The second kappa shape index (κ2) is 4.37. The van der Waals surface area contributed by atoms with Crippen molar-refractivity contribution in [3.8, 4) is 0 Å². The zero-order valence-electron chi connectivity index (χ0n) is 9.74. The number of hydrogen-bond acceptors (Lipinski definition) is 0. The highest BCUT2D eigenvalue weighted by molar-refractivity contribution is 14.2. The lowest BCUT2D eigenvalue weighted by Crippen LogP contribution is -2.34. The number of hydrogen-bond donors (Lipinski definition) is 0. The number of alkyl halides is 4. The number of benzene rings is 1. The summed E-state index contributed by atoms with van der Waals surface area (Å²) in [5.74, 6) is 0. The fourth-order valence-electron chi connectivity index (χ4n) is 2.01. The van der Waals surface area contributed by atoms with Crippen LogP contribution in [0.4, 0.5) is 13.2 Å². The van der Waals surface area contributed by atoms with Crippen molar-refractivity contribution in [2.24, 2.45) is 0 Å². The monoisotopic (exact) mass is 354 g/mol. The van der Waals surface area contributed by atoms with Crippen molar-refractivity contribution in [3.05, 3.63) is 35.4 Å². The molecule has 0 spiro atoms. The summed E-state index contributed by atoms with van der Waals surface area (Å²) in [7, 11) is 0. The van der Waals surface area contributed by atoms with Gasteiger partial charge in [-0.05, 0) is 27.5 Å². The molecule has 0 bridgehead atoms. The van der Waals surface area contributed by atoms with Gasteiger partial charge in [0.25, 0.3) is 0 Å². The predicted octanol–water partition coefficient (Wildman–Crippen LogP) is 4.57. The summed E-state index contributed by atoms with van der Waals surface area (Å²) in [5, 5.41) is 0. The van der Waals surface area contributed by atoms with Crippen LogP contribution in [-0.4, -0.2) is 9.69 Å². The largest absolute Gasteiger partial charge is 0.410 e. The Morgan fingerprint density at radius 2 is 1.65 bits per heavy atom. The minimum atomic E-state index is -4.11. The molecule has 1 aliphatic heterocycles. The van der Waals surface area contributed by atoms with Gasteiger partial charge in [-0.1, -0.05) is 58.8 Å². The molecule has 4 heteroatoms. The van der Waals surface area contributed by atoms with Gasteiger partial charge in [0.15, 0.2) is 3.42 Å². The minimum Gasteiger partial charge on any atom is -0.169 e. The lowest BCUT2D eigenvalue weighted by molar-refractivity contribution is -0.138. The zero-order valence-corrected chi connectivity index (χ0v) is 11.9. The third-order valence-electron chi connectivity index (χ3n) is 3.05. The van der Waals surface area contributed by atoms with Crippen LogP contribution in [-0.2, 0) is 9.84 Å². The van der Waals surface area contributed by atoms with Gasteiger partial charge in [-0.3, -0.25) is 0 Å². The molecule has 1 atom stereocenters. The van der Waals surface area contributed by atoms with Crippen LogP contribution < -0.4 is 0 Å². The SMILES string of the molecule is CCC1=I[C@@]1(c1ccc(CC)cc1)C(F)(F)F. The highest BCUT2D eigenvalue weighted by Gasteiger charge is 2.65. The molecule has 1 aliphatic rings. The predicted molar refractivity (Wildman–Crippen MR) is 72.9 cm³/mol. The smallest absolute Gasteiger partial charge is 0.169 e. The fraction of sp³-hybridized carbons (Fsp3) is 0.462. The van der Waals surface area contributed by atoms with E-state index >= 15 is 0 Å². The summed E-state index contributed by atoms with van der Waals surface area (Å²) in [6.45, 7) is 3.82. The number of rotatable bonds is 3. The van der Waals surface area contributed by atoms with Gasteiger partial charge in [0.05, 0.1) is 0 Å². The van der Waals surface area contributed by atoms with E-state index in [9.17, 15) is 13.2 Å². The molecule has 0 aromatic heterocycles. The van der Waals surface area contributed by atoms with Crippen LogP contribution in [0.2, 0.25) is 0 Å². The van der Waals surface area contributed by atoms with E-state index in [1.807, 2.05) is 26.0 Å². The third-order valence-corrected chi connectivity index (χ3v) is 7.43. The Balaban J connectivity index is 2.36. The highest BCUT2D eigenvalue weighted by Crippen LogP contribution is 2.63. The molecule has 1 aromatic carbocycles. The first-order valence-electron chi connectivity index (χ1n) is 5.64. The molecule has 94 valence electrons. The molecule has 1 aromatic rings. The Morgan fingerprint density at radius 1 is 1.06 bits per heavy atom. The fourth-order valence-corrected chi connectivity index (χ4v) is 5.21. The number of halogens is 4. The van der Waals surface area contributed by atoms with Crippen LogP contribution in [0.15, 0.2) is 24.3 Å². The first-order chi connectivity index (χ1) is 7.95. The van der Waals surface area contributed by atoms with E-state index in [1.54, 1.807) is 12.1 Å². The van der Waals surface area contributed by atoms with Crippen molar-refractivity contribution in [1.82, 2.24) is 0 Å². The van der Waals surface area contributed by atoms with Gasteiger partial charge in [-0.15, -0.1) is 0 Å². The van der Waals surface area contributed by atoms with E-state index in [2.05, 4.69) is 0 Å². The molecule has 0 saturated carbocycles. The van der Waals surface area contributed by atoms with Crippen LogP contribution in [0.25, 0.3) is 0 Å². The van der Waals surface area contributed by atoms with Crippen LogP contribution in [0, 0.1) is 0 Å². The van der Waals surface area contributed by atoms with E-state index in [0.717, 1.165) is 12.0 Å². The summed E-state index contributed by atoms with van der Waals surface area (Å²) in [6, 6.07) is 6.96. The van der Waals surface area contributed by atoms with Gasteiger partial charge < -0.3 is 0 Å². The average Bonchev–Trinajstić information content (AvgIpc) is 3.04. The van der Waals surface area contributed by atoms with E-state index < -0.39 is 30.3 Å². The molecule has 1 heterocycles. The maximum atomic E-state index is 13.2. The van der Waals surface area contributed by atoms with Gasteiger partial charge in [0.2, 0.25) is 0 Å². The molecule has 0 fully saturated rings. The standard InChI is InChI=1S/C13H14F3I/c1-3-9-5-7-10(8-6-9)12(13(14,15)16)11(4-2)17-12/h5-8H,3-4H2,1-2H3/t12-/m1/s1. The third kappa shape index (κ3) is 2.04. The van der Waals surface area contributed by atoms with Crippen molar-refractivity contribution in [2.45, 2.75) is 36.3 Å². The van der Waals surface area contributed by atoms with Gasteiger partial charge in [0, 0.05) is 0 Å². The Hall–Kier alpha value is -0.390. The summed E-state index contributed by atoms with van der Waals surface area (Å²) in [4.78, 5) is 0. The lowest BCUT2D eigenvalue weighted by Gasteiger charge is -2.21. The summed E-state index contributed by atoms with van der Waals surface area (Å²) in [6.07, 6.45) is -2.69. The molecule has 0 saturated heterocycles. The zero-order chi connectivity index (χ0) is 12.7. The summed E-state index contributed by atoms with van der Waals surface area (Å²) >= 11 is -0.870. The van der Waals surface area contributed by atoms with Crippen molar-refractivity contribution in [1.29, 1.82) is 0 Å². The molecule has 0 unspecified atom stereocenters. The summed E-state index contributed by atoms with van der Waals surface area (Å²) in [5.41, 5.74) is 1.54. The lowest BCUT2D eigenvalue weighted by atomic mass is 9.93. The Bertz CT molecular complexity index is 445. The van der Waals surface area contributed by atoms with Crippen molar-refractivity contribution in [3.63, 3.8) is 0 Å². The molecule has 2 rings (SSSR count). The average molecular weight is 354 g/mol. The quantitative estimate of drug-likeness (QED) is 0.551. The molecule has 0 N–H and O–H groups in total. The van der Waals surface area contributed by atoms with Crippen LogP contribution >= 0.6 is 20.7 Å². The van der Waals surface area contributed by atoms with Crippen LogP contribution in [0.5, 0.6) is 0 Å². The summed E-state index contributed by atoms with van der Waals surface area (Å²) < 4.78 is 38.8. The molecule has 0 nitrogen and oxygen atoms in total. The topological polar surface area (TPSA) is 0 Å². The van der Waals surface area contributed by atoms with Crippen molar-refractivity contribution < 1.29 is 13.2 Å². The second-order valence-corrected chi connectivity index (χ2v) is 7.52. The van der Waals surface area contributed by atoms with E-state index in [4.69, 9.17) is 0 Å². The van der Waals surface area contributed by atoms with Gasteiger partial charge in [-0.2, -0.15) is 13.2 Å². The highest BCUT2D eigenvalue weighted by atomic mass is 127. The van der Waals surface area contributed by atoms with Crippen molar-refractivity contribution >= 4 is 24.2 Å².